The molecule has 4 heteroatoms. The zero-order valence-corrected chi connectivity index (χ0v) is 11.5. The van der Waals surface area contributed by atoms with Crippen molar-refractivity contribution < 1.29 is 0 Å². The summed E-state index contributed by atoms with van der Waals surface area (Å²) in [5, 5.41) is 7.81. The highest BCUT2D eigenvalue weighted by atomic mass is 15.3. The molecule has 1 N–H and O–H groups in total. The molecule has 2 saturated carbocycles. The van der Waals surface area contributed by atoms with Gasteiger partial charge in [0.25, 0.3) is 0 Å². The minimum atomic E-state index is 0.444. The average molecular weight is 248 g/mol. The molecule has 2 aliphatic rings. The van der Waals surface area contributed by atoms with E-state index in [1.54, 1.807) is 6.33 Å². The number of fused-ring (bicyclic) bond motifs is 2. The van der Waals surface area contributed by atoms with E-state index in [-0.39, 0.29) is 0 Å². The van der Waals surface area contributed by atoms with Gasteiger partial charge in [-0.15, -0.1) is 0 Å². The van der Waals surface area contributed by atoms with Gasteiger partial charge in [0.15, 0.2) is 0 Å². The van der Waals surface area contributed by atoms with E-state index in [9.17, 15) is 0 Å². The Balaban J connectivity index is 1.80. The minimum absolute atomic E-state index is 0.444. The molecule has 0 aromatic carbocycles. The normalized spacial score (nSPS) is 34.3. The fraction of sp³-hybridized carbons (Fsp3) is 0.857. The summed E-state index contributed by atoms with van der Waals surface area (Å²) in [4.78, 5) is 4.44. The van der Waals surface area contributed by atoms with Crippen LogP contribution in [0.3, 0.4) is 0 Å². The minimum Gasteiger partial charge on any atom is -0.316 e. The van der Waals surface area contributed by atoms with Crippen LogP contribution < -0.4 is 5.32 Å². The summed E-state index contributed by atoms with van der Waals surface area (Å²) in [7, 11) is 2.01. The van der Waals surface area contributed by atoms with E-state index in [1.165, 1.54) is 25.7 Å². The van der Waals surface area contributed by atoms with Gasteiger partial charge >= 0.3 is 0 Å². The molecule has 2 aliphatic carbocycles. The molecular formula is C14H24N4. The van der Waals surface area contributed by atoms with Crippen molar-refractivity contribution in [3.63, 3.8) is 0 Å². The van der Waals surface area contributed by atoms with Crippen LogP contribution in [0.15, 0.2) is 6.33 Å². The highest BCUT2D eigenvalue weighted by molar-refractivity contribution is 5.06. The summed E-state index contributed by atoms with van der Waals surface area (Å²) in [6, 6.07) is 0. The highest BCUT2D eigenvalue weighted by Crippen LogP contribution is 2.56. The predicted molar refractivity (Wildman–Crippen MR) is 71.1 cm³/mol. The van der Waals surface area contributed by atoms with Crippen molar-refractivity contribution in [2.24, 2.45) is 24.3 Å². The molecule has 1 aromatic rings. The number of aryl methyl sites for hydroxylation is 1. The van der Waals surface area contributed by atoms with Crippen molar-refractivity contribution in [3.05, 3.63) is 12.2 Å². The van der Waals surface area contributed by atoms with E-state index in [1.807, 2.05) is 11.7 Å². The third-order valence-corrected chi connectivity index (χ3v) is 5.14. The van der Waals surface area contributed by atoms with E-state index < -0.39 is 0 Å². The van der Waals surface area contributed by atoms with Crippen LogP contribution in [-0.4, -0.2) is 27.9 Å². The van der Waals surface area contributed by atoms with Crippen molar-refractivity contribution in [2.45, 2.75) is 39.0 Å². The molecular weight excluding hydrogens is 224 g/mol. The average Bonchev–Trinajstić information content (AvgIpc) is 3.04. The lowest BCUT2D eigenvalue weighted by Gasteiger charge is -2.37. The molecule has 4 nitrogen and oxygen atoms in total. The van der Waals surface area contributed by atoms with E-state index in [4.69, 9.17) is 0 Å². The Morgan fingerprint density at radius 1 is 1.50 bits per heavy atom. The Hall–Kier alpha value is -0.900. The SMILES string of the molecule is CCNCC1(Cc2ncnn2C)CC2CCC1C2. The van der Waals surface area contributed by atoms with Crippen LogP contribution in [0.5, 0.6) is 0 Å². The number of rotatable bonds is 5. The Morgan fingerprint density at radius 2 is 2.39 bits per heavy atom. The number of aromatic nitrogens is 3. The molecule has 0 radical (unpaired) electrons. The first-order chi connectivity index (χ1) is 8.73. The maximum atomic E-state index is 4.44. The molecule has 3 unspecified atom stereocenters. The van der Waals surface area contributed by atoms with Crippen molar-refractivity contribution in [1.82, 2.24) is 20.1 Å². The van der Waals surface area contributed by atoms with Gasteiger partial charge in [0, 0.05) is 20.0 Å². The third-order valence-electron chi connectivity index (χ3n) is 5.14. The van der Waals surface area contributed by atoms with E-state index in [0.29, 0.717) is 5.41 Å². The fourth-order valence-electron chi connectivity index (χ4n) is 4.22. The fourth-order valence-corrected chi connectivity index (χ4v) is 4.22. The van der Waals surface area contributed by atoms with Crippen molar-refractivity contribution in [2.75, 3.05) is 13.1 Å². The van der Waals surface area contributed by atoms with Gasteiger partial charge in [-0.25, -0.2) is 4.98 Å². The molecule has 18 heavy (non-hydrogen) atoms. The van der Waals surface area contributed by atoms with Crippen molar-refractivity contribution in [3.8, 4) is 0 Å². The standard InChI is InChI=1S/C14H24N4/c1-3-15-9-14(7-11-4-5-12(14)6-11)8-13-16-10-17-18(13)2/h10-12,15H,3-9H2,1-2H3. The van der Waals surface area contributed by atoms with Crippen LogP contribution >= 0.6 is 0 Å². The maximum absolute atomic E-state index is 4.44. The molecule has 1 heterocycles. The second-order valence-electron chi connectivity index (χ2n) is 6.20. The monoisotopic (exact) mass is 248 g/mol. The molecule has 2 fully saturated rings. The van der Waals surface area contributed by atoms with Gasteiger partial charge in [0.1, 0.15) is 12.2 Å². The van der Waals surface area contributed by atoms with Crippen LogP contribution in [0.1, 0.15) is 38.4 Å². The quantitative estimate of drug-likeness (QED) is 0.863. The topological polar surface area (TPSA) is 42.7 Å². The molecule has 0 amide bonds. The molecule has 1 aromatic heterocycles. The summed E-state index contributed by atoms with van der Waals surface area (Å²) in [5.41, 5.74) is 0.444. The molecule has 100 valence electrons. The smallest absolute Gasteiger partial charge is 0.138 e. The van der Waals surface area contributed by atoms with Gasteiger partial charge in [-0.3, -0.25) is 4.68 Å². The first kappa shape index (κ1) is 12.2. The highest BCUT2D eigenvalue weighted by Gasteiger charge is 2.50. The summed E-state index contributed by atoms with van der Waals surface area (Å²) < 4.78 is 1.94. The first-order valence-electron chi connectivity index (χ1n) is 7.27. The second kappa shape index (κ2) is 4.65. The van der Waals surface area contributed by atoms with Gasteiger partial charge in [0.05, 0.1) is 0 Å². The Morgan fingerprint density at radius 3 is 2.94 bits per heavy atom. The van der Waals surface area contributed by atoms with Gasteiger partial charge in [-0.05, 0) is 43.1 Å². The molecule has 0 saturated heterocycles. The van der Waals surface area contributed by atoms with Crippen molar-refractivity contribution >= 4 is 0 Å². The molecule has 3 rings (SSSR count). The number of nitrogens with zero attached hydrogens (tertiary/aromatic N) is 3. The van der Waals surface area contributed by atoms with Crippen LogP contribution in [-0.2, 0) is 13.5 Å². The van der Waals surface area contributed by atoms with Crippen LogP contribution in [0.4, 0.5) is 0 Å². The Kier molecular flexibility index (Phi) is 3.14. The molecule has 2 bridgehead atoms. The van der Waals surface area contributed by atoms with E-state index in [0.717, 1.165) is 37.2 Å². The van der Waals surface area contributed by atoms with E-state index >= 15 is 0 Å². The van der Waals surface area contributed by atoms with Crippen molar-refractivity contribution in [1.29, 1.82) is 0 Å². The lowest BCUT2D eigenvalue weighted by Crippen LogP contribution is -2.41. The van der Waals surface area contributed by atoms with Crippen LogP contribution in [0, 0.1) is 17.3 Å². The summed E-state index contributed by atoms with van der Waals surface area (Å²) in [6.45, 7) is 4.42. The molecule has 3 atom stereocenters. The number of hydrogen-bond acceptors (Lipinski definition) is 3. The largest absolute Gasteiger partial charge is 0.316 e. The predicted octanol–water partition coefficient (Wildman–Crippen LogP) is 1.77. The van der Waals surface area contributed by atoms with E-state index in [2.05, 4.69) is 22.3 Å². The summed E-state index contributed by atoms with van der Waals surface area (Å²) in [5.74, 6) is 3.03. The van der Waals surface area contributed by atoms with Crippen LogP contribution in [0.2, 0.25) is 0 Å². The Bertz CT molecular complexity index is 414. The number of hydrogen-bond donors (Lipinski definition) is 1. The third kappa shape index (κ3) is 1.96. The Labute approximate surface area is 109 Å². The zero-order chi connectivity index (χ0) is 12.6. The number of nitrogens with one attached hydrogen (secondary N) is 1. The second-order valence-corrected chi connectivity index (χ2v) is 6.20. The molecule has 0 aliphatic heterocycles. The van der Waals surface area contributed by atoms with Gasteiger partial charge in [-0.1, -0.05) is 13.3 Å². The maximum Gasteiger partial charge on any atom is 0.138 e. The lowest BCUT2D eigenvalue weighted by atomic mass is 9.70. The van der Waals surface area contributed by atoms with Gasteiger partial charge < -0.3 is 5.32 Å². The first-order valence-corrected chi connectivity index (χ1v) is 7.27. The van der Waals surface area contributed by atoms with Crippen LogP contribution in [0.25, 0.3) is 0 Å². The van der Waals surface area contributed by atoms with Gasteiger partial charge in [-0.2, -0.15) is 5.10 Å². The summed E-state index contributed by atoms with van der Waals surface area (Å²) in [6.07, 6.45) is 8.49. The molecule has 0 spiro atoms. The zero-order valence-electron chi connectivity index (χ0n) is 11.5. The van der Waals surface area contributed by atoms with Gasteiger partial charge in [0.2, 0.25) is 0 Å². The lowest BCUT2D eigenvalue weighted by molar-refractivity contribution is 0.152. The summed E-state index contributed by atoms with van der Waals surface area (Å²) >= 11 is 0.